The summed E-state index contributed by atoms with van der Waals surface area (Å²) in [5.74, 6) is 0. The third-order valence-electron chi connectivity index (χ3n) is 3.63. The van der Waals surface area contributed by atoms with Crippen molar-refractivity contribution in [3.63, 3.8) is 0 Å². The van der Waals surface area contributed by atoms with E-state index in [1.807, 2.05) is 0 Å². The molecule has 0 spiro atoms. The Kier molecular flexibility index (Phi) is 5.15. The van der Waals surface area contributed by atoms with Crippen LogP contribution in [0.25, 0.3) is 0 Å². The molecule has 0 heterocycles. The van der Waals surface area contributed by atoms with Gasteiger partial charge in [0.15, 0.2) is 0 Å². The number of benzene rings is 2. The normalized spacial score (nSPS) is 13.4. The summed E-state index contributed by atoms with van der Waals surface area (Å²) in [5, 5.41) is 2.87. The van der Waals surface area contributed by atoms with Gasteiger partial charge in [0.25, 0.3) is 0 Å². The van der Waals surface area contributed by atoms with Crippen LogP contribution in [0.15, 0.2) is 60.7 Å². The van der Waals surface area contributed by atoms with Gasteiger partial charge in [-0.25, -0.2) is 0 Å². The Bertz CT molecular complexity index is 482. The quantitative estimate of drug-likeness (QED) is 0.665. The smallest absolute Gasteiger partial charge is 0.0636 e. The van der Waals surface area contributed by atoms with Crippen LogP contribution in [0, 0.1) is 0 Å². The molecule has 20 heavy (non-hydrogen) atoms. The zero-order valence-electron chi connectivity index (χ0n) is 12.6. The van der Waals surface area contributed by atoms with E-state index in [9.17, 15) is 0 Å². The van der Waals surface area contributed by atoms with Crippen molar-refractivity contribution >= 4 is 26.6 Å². The van der Waals surface area contributed by atoms with Crippen molar-refractivity contribution in [3.05, 3.63) is 60.7 Å². The fraction of sp³-hybridized carbons (Fsp3) is 0.294. The van der Waals surface area contributed by atoms with E-state index >= 15 is 0 Å². The van der Waals surface area contributed by atoms with Crippen LogP contribution < -0.4 is 16.3 Å². The van der Waals surface area contributed by atoms with Gasteiger partial charge in [0.2, 0.25) is 0 Å². The molecule has 2 rings (SSSR count). The Hall–Kier alpha value is -0.953. The lowest BCUT2D eigenvalue weighted by Gasteiger charge is -2.29. The Morgan fingerprint density at radius 2 is 1.25 bits per heavy atom. The second-order valence-electron chi connectivity index (χ2n) is 6.25. The summed E-state index contributed by atoms with van der Waals surface area (Å²) < 4.78 is 0. The lowest BCUT2D eigenvalue weighted by atomic mass is 10.4. The topological polar surface area (TPSA) is 26.0 Å². The molecule has 0 aliphatic carbocycles. The van der Waals surface area contributed by atoms with E-state index in [1.165, 1.54) is 10.6 Å². The third-order valence-corrected chi connectivity index (χ3v) is 9.00. The molecule has 106 valence electrons. The summed E-state index contributed by atoms with van der Waals surface area (Å²) in [5.41, 5.74) is 6.85. The predicted molar refractivity (Wildman–Crippen MR) is 95.3 cm³/mol. The van der Waals surface area contributed by atoms with E-state index < -0.39 is 8.07 Å². The standard InChI is InChI=1S/C17H24NPSi/c1-20(2,3)17(18)14-19(15-10-6-4-7-11-15)16-12-8-5-9-13-16/h4-13,17H,14,18H2,1-3H3. The molecule has 2 aromatic carbocycles. The molecule has 1 nitrogen and oxygen atoms in total. The molecule has 0 aliphatic heterocycles. The summed E-state index contributed by atoms with van der Waals surface area (Å²) in [6, 6.07) is 21.7. The number of nitrogens with two attached hydrogens (primary N) is 1. The van der Waals surface area contributed by atoms with Crippen LogP contribution in [0.3, 0.4) is 0 Å². The molecule has 0 aromatic heterocycles. The van der Waals surface area contributed by atoms with Gasteiger partial charge in [-0.2, -0.15) is 0 Å². The van der Waals surface area contributed by atoms with Crippen LogP contribution in [0.1, 0.15) is 0 Å². The summed E-state index contributed by atoms with van der Waals surface area (Å²) in [6.45, 7) is 7.09. The largest absolute Gasteiger partial charge is 0.330 e. The fourth-order valence-corrected chi connectivity index (χ4v) is 6.96. The first kappa shape index (κ1) is 15.4. The average Bonchev–Trinajstić information content (AvgIpc) is 2.45. The molecule has 1 unspecified atom stereocenters. The highest BCUT2D eigenvalue weighted by Crippen LogP contribution is 2.35. The Labute approximate surface area is 125 Å². The lowest BCUT2D eigenvalue weighted by molar-refractivity contribution is 0.983. The molecule has 0 bridgehead atoms. The van der Waals surface area contributed by atoms with E-state index in [4.69, 9.17) is 5.73 Å². The molecule has 0 fully saturated rings. The van der Waals surface area contributed by atoms with Crippen molar-refractivity contribution in [3.8, 4) is 0 Å². The van der Waals surface area contributed by atoms with E-state index in [-0.39, 0.29) is 7.92 Å². The fourth-order valence-electron chi connectivity index (χ4n) is 2.05. The van der Waals surface area contributed by atoms with Crippen LogP contribution in [-0.4, -0.2) is 19.9 Å². The number of hydrogen-bond acceptors (Lipinski definition) is 1. The van der Waals surface area contributed by atoms with Crippen molar-refractivity contribution in [2.24, 2.45) is 5.73 Å². The highest BCUT2D eigenvalue weighted by atomic mass is 31.1. The maximum atomic E-state index is 6.50. The summed E-state index contributed by atoms with van der Waals surface area (Å²) in [7, 11) is -1.64. The summed E-state index contributed by atoms with van der Waals surface area (Å²) >= 11 is 0. The second kappa shape index (κ2) is 6.67. The molecule has 0 saturated carbocycles. The number of hydrogen-bond donors (Lipinski definition) is 1. The Morgan fingerprint density at radius 3 is 1.60 bits per heavy atom. The van der Waals surface area contributed by atoms with Crippen molar-refractivity contribution in [2.75, 3.05) is 6.16 Å². The van der Waals surface area contributed by atoms with Crippen molar-refractivity contribution in [1.29, 1.82) is 0 Å². The van der Waals surface area contributed by atoms with Crippen molar-refractivity contribution < 1.29 is 0 Å². The molecule has 0 saturated heterocycles. The van der Waals surface area contributed by atoms with Gasteiger partial charge < -0.3 is 5.73 Å². The van der Waals surface area contributed by atoms with Gasteiger partial charge >= 0.3 is 0 Å². The van der Waals surface area contributed by atoms with E-state index in [0.29, 0.717) is 5.67 Å². The van der Waals surface area contributed by atoms with Gasteiger partial charge in [-0.3, -0.25) is 0 Å². The van der Waals surface area contributed by atoms with Gasteiger partial charge in [0, 0.05) is 5.67 Å². The van der Waals surface area contributed by atoms with Crippen LogP contribution >= 0.6 is 7.92 Å². The molecule has 0 aliphatic rings. The first-order chi connectivity index (χ1) is 9.48. The molecule has 0 radical (unpaired) electrons. The average molecular weight is 301 g/mol. The first-order valence-corrected chi connectivity index (χ1v) is 12.2. The van der Waals surface area contributed by atoms with Crippen LogP contribution in [0.2, 0.25) is 19.6 Å². The zero-order valence-corrected chi connectivity index (χ0v) is 14.5. The summed E-state index contributed by atoms with van der Waals surface area (Å²) in [6.07, 6.45) is 1.10. The SMILES string of the molecule is C[Si](C)(C)C(N)CP(c1ccccc1)c1ccccc1. The van der Waals surface area contributed by atoms with Gasteiger partial charge in [0.05, 0.1) is 8.07 Å². The molecule has 3 heteroatoms. The zero-order chi connectivity index (χ0) is 14.6. The van der Waals surface area contributed by atoms with Crippen LogP contribution in [0.5, 0.6) is 0 Å². The molecule has 0 amide bonds. The lowest BCUT2D eigenvalue weighted by Crippen LogP contribution is -2.48. The maximum absolute atomic E-state index is 6.50. The monoisotopic (exact) mass is 301 g/mol. The van der Waals surface area contributed by atoms with Crippen LogP contribution in [0.4, 0.5) is 0 Å². The molecular weight excluding hydrogens is 277 g/mol. The first-order valence-electron chi connectivity index (χ1n) is 7.12. The van der Waals surface area contributed by atoms with E-state index in [0.717, 1.165) is 6.16 Å². The van der Waals surface area contributed by atoms with Gasteiger partial charge in [-0.05, 0) is 24.7 Å². The van der Waals surface area contributed by atoms with Crippen LogP contribution in [-0.2, 0) is 0 Å². The Morgan fingerprint density at radius 1 is 0.850 bits per heavy atom. The summed E-state index contributed by atoms with van der Waals surface area (Å²) in [4.78, 5) is 0. The molecule has 1 atom stereocenters. The Balaban J connectivity index is 2.31. The second-order valence-corrected chi connectivity index (χ2v) is 14.0. The minimum atomic E-state index is -1.30. The van der Waals surface area contributed by atoms with E-state index in [2.05, 4.69) is 80.3 Å². The molecule has 2 aromatic rings. The maximum Gasteiger partial charge on any atom is 0.0636 e. The third kappa shape index (κ3) is 4.02. The molecular formula is C17H24NPSi. The highest BCUT2D eigenvalue weighted by Gasteiger charge is 2.27. The van der Waals surface area contributed by atoms with Gasteiger partial charge in [-0.15, -0.1) is 0 Å². The predicted octanol–water partition coefficient (Wildman–Crippen LogP) is 3.32. The number of rotatable bonds is 5. The van der Waals surface area contributed by atoms with Gasteiger partial charge in [-0.1, -0.05) is 80.3 Å². The minimum absolute atomic E-state index is 0.342. The molecule has 2 N–H and O–H groups in total. The van der Waals surface area contributed by atoms with E-state index in [1.54, 1.807) is 0 Å². The van der Waals surface area contributed by atoms with Crippen molar-refractivity contribution in [2.45, 2.75) is 25.3 Å². The highest BCUT2D eigenvalue weighted by molar-refractivity contribution is 7.73. The van der Waals surface area contributed by atoms with Crippen molar-refractivity contribution in [1.82, 2.24) is 0 Å². The minimum Gasteiger partial charge on any atom is -0.330 e. The van der Waals surface area contributed by atoms with Gasteiger partial charge in [0.1, 0.15) is 0 Å².